The molecule has 0 unspecified atom stereocenters. The molecule has 222 valence electrons. The van der Waals surface area contributed by atoms with Gasteiger partial charge in [0.05, 0.1) is 22.1 Å². The van der Waals surface area contributed by atoms with Crippen molar-refractivity contribution < 1.29 is 0 Å². The first-order valence-corrected chi connectivity index (χ1v) is 16.0. The van der Waals surface area contributed by atoms with Gasteiger partial charge in [0.15, 0.2) is 0 Å². The van der Waals surface area contributed by atoms with Gasteiger partial charge in [-0.15, -0.1) is 0 Å². The number of hydrogen-bond donors (Lipinski definition) is 0. The lowest BCUT2D eigenvalue weighted by atomic mass is 9.98. The van der Waals surface area contributed by atoms with Crippen LogP contribution in [0.1, 0.15) is 20.8 Å². The lowest BCUT2D eigenvalue weighted by Gasteiger charge is -2.11. The van der Waals surface area contributed by atoms with E-state index in [1.165, 1.54) is 48.7 Å². The Labute approximate surface area is 267 Å². The van der Waals surface area contributed by atoms with Crippen LogP contribution >= 0.6 is 0 Å². The van der Waals surface area contributed by atoms with Crippen LogP contribution in [0.25, 0.3) is 82.1 Å². The topological polar surface area (TPSA) is 35.1 Å². The molecule has 9 rings (SSSR count). The van der Waals surface area contributed by atoms with E-state index >= 15 is 0 Å². The fourth-order valence-electron chi connectivity index (χ4n) is 7.19. The predicted octanol–water partition coefficient (Wildman–Crippen LogP) is 11.2. The number of pyridine rings is 1. The maximum Gasteiger partial charge on any atom is 0.138 e. The van der Waals surface area contributed by atoms with E-state index in [0.717, 1.165) is 39.3 Å². The third-order valence-corrected chi connectivity index (χ3v) is 9.05. The van der Waals surface area contributed by atoms with E-state index in [1.54, 1.807) is 0 Å². The van der Waals surface area contributed by atoms with Crippen molar-refractivity contribution in [1.29, 1.82) is 0 Å². The molecule has 4 nitrogen and oxygen atoms in total. The van der Waals surface area contributed by atoms with Crippen molar-refractivity contribution >= 4 is 71.0 Å². The van der Waals surface area contributed by atoms with E-state index in [9.17, 15) is 0 Å². The van der Waals surface area contributed by atoms with E-state index in [0.29, 0.717) is 0 Å². The fourth-order valence-corrected chi connectivity index (χ4v) is 7.19. The van der Waals surface area contributed by atoms with Gasteiger partial charge in [0.1, 0.15) is 11.7 Å². The largest absolute Gasteiger partial charge is 0.294 e. The number of para-hydroxylation sites is 1. The molecule has 3 heterocycles. The maximum atomic E-state index is 4.98. The third kappa shape index (κ3) is 4.00. The molecule has 3 aromatic heterocycles. The number of nitrogens with zero attached hydrogens (tertiary/aromatic N) is 4. The molecule has 0 saturated carbocycles. The van der Waals surface area contributed by atoms with Crippen LogP contribution < -0.4 is 0 Å². The van der Waals surface area contributed by atoms with Gasteiger partial charge in [0.2, 0.25) is 0 Å². The van der Waals surface area contributed by atoms with Gasteiger partial charge >= 0.3 is 0 Å². The van der Waals surface area contributed by atoms with E-state index in [2.05, 4.69) is 137 Å². The van der Waals surface area contributed by atoms with Gasteiger partial charge in [0, 0.05) is 34.8 Å². The molecule has 46 heavy (non-hydrogen) atoms. The second-order valence-electron chi connectivity index (χ2n) is 11.4. The molecule has 6 aromatic carbocycles. The quantitative estimate of drug-likeness (QED) is 0.114. The van der Waals surface area contributed by atoms with Gasteiger partial charge in [0.25, 0.3) is 0 Å². The molecule has 9 aromatic rings. The molecule has 0 amide bonds. The van der Waals surface area contributed by atoms with Crippen LogP contribution in [0.15, 0.2) is 139 Å². The van der Waals surface area contributed by atoms with Crippen LogP contribution in [-0.4, -0.2) is 27.0 Å². The third-order valence-electron chi connectivity index (χ3n) is 9.05. The fraction of sp³-hybridized carbons (Fsp3) is 0.0952. The van der Waals surface area contributed by atoms with Crippen molar-refractivity contribution in [2.75, 3.05) is 7.05 Å². The molecule has 4 heteroatoms. The molecule has 0 aliphatic rings. The summed E-state index contributed by atoms with van der Waals surface area (Å²) >= 11 is 0. The first-order valence-electron chi connectivity index (χ1n) is 16.0. The Balaban J connectivity index is 0.00000153. The highest BCUT2D eigenvalue weighted by Crippen LogP contribution is 2.44. The smallest absolute Gasteiger partial charge is 0.138 e. The average Bonchev–Trinajstić information content (AvgIpc) is 3.63. The second kappa shape index (κ2) is 11.0. The van der Waals surface area contributed by atoms with Crippen LogP contribution in [0.3, 0.4) is 0 Å². The van der Waals surface area contributed by atoms with Gasteiger partial charge in [-0.2, -0.15) is 0 Å². The van der Waals surface area contributed by atoms with Gasteiger partial charge in [-0.1, -0.05) is 98.8 Å². The Morgan fingerprint density at radius 3 is 2.20 bits per heavy atom. The summed E-state index contributed by atoms with van der Waals surface area (Å²) in [5, 5.41) is 9.98. The molecular weight excluding hydrogens is 560 g/mol. The van der Waals surface area contributed by atoms with Crippen molar-refractivity contribution in [2.24, 2.45) is 4.99 Å². The van der Waals surface area contributed by atoms with Crippen molar-refractivity contribution in [3.8, 4) is 16.9 Å². The summed E-state index contributed by atoms with van der Waals surface area (Å²) in [6, 6.07) is 41.7. The van der Waals surface area contributed by atoms with Gasteiger partial charge in [-0.3, -0.25) is 14.1 Å². The van der Waals surface area contributed by atoms with Crippen LogP contribution in [0, 0.1) is 0 Å². The Hall–Kier alpha value is -5.74. The van der Waals surface area contributed by atoms with Crippen molar-refractivity contribution in [3.05, 3.63) is 134 Å². The zero-order chi connectivity index (χ0) is 31.4. The van der Waals surface area contributed by atoms with Gasteiger partial charge in [-0.05, 0) is 82.1 Å². The highest BCUT2D eigenvalue weighted by atomic mass is 15.1. The zero-order valence-corrected chi connectivity index (χ0v) is 26.5. The Morgan fingerprint density at radius 2 is 1.35 bits per heavy atom. The van der Waals surface area contributed by atoms with E-state index in [-0.39, 0.29) is 0 Å². The first kappa shape index (κ1) is 27.8. The molecule has 0 aliphatic carbocycles. The van der Waals surface area contributed by atoms with E-state index < -0.39 is 0 Å². The zero-order valence-electron chi connectivity index (χ0n) is 26.5. The Morgan fingerprint density at radius 1 is 0.609 bits per heavy atom. The lowest BCUT2D eigenvalue weighted by Crippen LogP contribution is -2.08. The van der Waals surface area contributed by atoms with Crippen molar-refractivity contribution in [1.82, 2.24) is 14.1 Å². The van der Waals surface area contributed by atoms with Crippen LogP contribution in [-0.2, 0) is 0 Å². The van der Waals surface area contributed by atoms with Crippen molar-refractivity contribution in [2.45, 2.75) is 20.8 Å². The summed E-state index contributed by atoms with van der Waals surface area (Å²) in [6.07, 6.45) is 6.07. The van der Waals surface area contributed by atoms with Crippen LogP contribution in [0.4, 0.5) is 0 Å². The monoisotopic (exact) mass is 594 g/mol. The standard InChI is InChI=1S/C40H28N4.C2H6/c1-3-9-36(41-2)43-32-14-7-6-13-30(32)39-31-19-18-26-12-8-15-33-38(26)40(31)35(24-34(39)43)44(33)37-23-29(20-21-42-37)28-17-16-25-10-4-5-11-27(25)22-28;1-2/h3-24H,1-2H3;1-2H3/b9-3-,41-36?;. The summed E-state index contributed by atoms with van der Waals surface area (Å²) in [5.41, 5.74) is 6.91. The molecule has 0 radical (unpaired) electrons. The average molecular weight is 595 g/mol. The van der Waals surface area contributed by atoms with E-state index in [4.69, 9.17) is 9.98 Å². The normalized spacial score (nSPS) is 12.4. The van der Waals surface area contributed by atoms with Crippen LogP contribution in [0.2, 0.25) is 0 Å². The van der Waals surface area contributed by atoms with Crippen LogP contribution in [0.5, 0.6) is 0 Å². The summed E-state index contributed by atoms with van der Waals surface area (Å²) in [6.45, 7) is 6.04. The number of fused-ring (bicyclic) bond motifs is 5. The molecule has 0 saturated heterocycles. The van der Waals surface area contributed by atoms with Gasteiger partial charge < -0.3 is 0 Å². The summed E-state index contributed by atoms with van der Waals surface area (Å²) in [7, 11) is 1.86. The maximum absolute atomic E-state index is 4.98. The number of hydrogen-bond acceptors (Lipinski definition) is 2. The van der Waals surface area contributed by atoms with Crippen molar-refractivity contribution in [3.63, 3.8) is 0 Å². The molecule has 0 bridgehead atoms. The van der Waals surface area contributed by atoms with E-state index in [1.807, 2.05) is 34.0 Å². The number of aliphatic imine (C=N–C) groups is 1. The molecule has 0 atom stereocenters. The second-order valence-corrected chi connectivity index (χ2v) is 11.4. The summed E-state index contributed by atoms with van der Waals surface area (Å²) in [5.74, 6) is 1.81. The first-order chi connectivity index (χ1) is 22.7. The number of rotatable bonds is 3. The molecule has 0 fully saturated rings. The molecular formula is C42H34N4. The summed E-state index contributed by atoms with van der Waals surface area (Å²) < 4.78 is 4.64. The molecule has 0 aliphatic heterocycles. The minimum Gasteiger partial charge on any atom is -0.294 e. The summed E-state index contributed by atoms with van der Waals surface area (Å²) in [4.78, 5) is 9.69. The minimum atomic E-state index is 0.903. The highest BCUT2D eigenvalue weighted by Gasteiger charge is 2.23. The molecule has 0 N–H and O–H groups in total. The highest BCUT2D eigenvalue weighted by molar-refractivity contribution is 6.34. The minimum absolute atomic E-state index is 0.903. The Kier molecular flexibility index (Phi) is 6.65. The lowest BCUT2D eigenvalue weighted by molar-refractivity contribution is 1.08. The SMILES string of the molecule is C/C=C\C(=NC)n1c2ccccc2c2c3ccc4cccc5c4c3c(cc21)n5-c1cc(-c2ccc3ccccc3c2)ccn1.CC. The number of benzene rings is 6. The number of aromatic nitrogens is 3. The van der Waals surface area contributed by atoms with Gasteiger partial charge in [-0.25, -0.2) is 4.98 Å². The predicted molar refractivity (Wildman–Crippen MR) is 198 cm³/mol. The number of allylic oxidation sites excluding steroid dienone is 2. The Bertz CT molecular complexity index is 2630. The molecule has 0 spiro atoms.